The summed E-state index contributed by atoms with van der Waals surface area (Å²) in [4.78, 5) is 0. The van der Waals surface area contributed by atoms with Gasteiger partial charge in [0, 0.05) is 6.54 Å². The third-order valence-electron chi connectivity index (χ3n) is 1.70. The van der Waals surface area contributed by atoms with Gasteiger partial charge >= 0.3 is 0 Å². The average molecular weight is 230 g/mol. The highest BCUT2D eigenvalue weighted by Crippen LogP contribution is 2.06. The second-order valence-corrected chi connectivity index (χ2v) is 5.63. The minimum atomic E-state index is -3.49. The van der Waals surface area contributed by atoms with E-state index in [0.717, 1.165) is 5.56 Å². The maximum atomic E-state index is 11.3. The Hall–Kier alpha value is -0.900. The summed E-state index contributed by atoms with van der Waals surface area (Å²) < 4.78 is 25.0. The Balaban J connectivity index is 2.58. The summed E-state index contributed by atoms with van der Waals surface area (Å²) in [5.41, 5.74) is 0.906. The van der Waals surface area contributed by atoms with Crippen molar-refractivity contribution in [2.45, 2.75) is 18.7 Å². The minimum absolute atomic E-state index is 0.248. The van der Waals surface area contributed by atoms with E-state index in [1.807, 2.05) is 16.8 Å². The fourth-order valence-corrected chi connectivity index (χ4v) is 2.20. The van der Waals surface area contributed by atoms with E-state index in [2.05, 4.69) is 4.72 Å². The standard InChI is InChI=1S/C8H10N2O2S2/c1-7(4-9)14(11,12)10-5-8-2-3-13-6-8/h2-3,6-7,10H,5H2,1H3. The van der Waals surface area contributed by atoms with E-state index in [4.69, 9.17) is 5.26 Å². The molecule has 6 heteroatoms. The van der Waals surface area contributed by atoms with Crippen LogP contribution in [0.15, 0.2) is 16.8 Å². The fraction of sp³-hybridized carbons (Fsp3) is 0.375. The molecule has 0 amide bonds. The van der Waals surface area contributed by atoms with E-state index in [1.54, 1.807) is 6.07 Å². The summed E-state index contributed by atoms with van der Waals surface area (Å²) in [6.45, 7) is 1.60. The second kappa shape index (κ2) is 4.55. The van der Waals surface area contributed by atoms with Crippen LogP contribution >= 0.6 is 11.3 Å². The van der Waals surface area contributed by atoms with Crippen LogP contribution in [0.3, 0.4) is 0 Å². The van der Waals surface area contributed by atoms with E-state index in [9.17, 15) is 8.42 Å². The first kappa shape index (κ1) is 11.2. The molecule has 1 N–H and O–H groups in total. The number of sulfonamides is 1. The lowest BCUT2D eigenvalue weighted by molar-refractivity contribution is 0.577. The Morgan fingerprint density at radius 3 is 2.93 bits per heavy atom. The van der Waals surface area contributed by atoms with Gasteiger partial charge in [0.25, 0.3) is 0 Å². The SMILES string of the molecule is CC(C#N)S(=O)(=O)NCc1ccsc1. The number of nitrogens with one attached hydrogen (secondary N) is 1. The average Bonchev–Trinajstić information content (AvgIpc) is 2.66. The lowest BCUT2D eigenvalue weighted by atomic mass is 10.4. The molecular weight excluding hydrogens is 220 g/mol. The van der Waals surface area contributed by atoms with Gasteiger partial charge in [0.1, 0.15) is 0 Å². The van der Waals surface area contributed by atoms with Gasteiger partial charge in [-0.05, 0) is 29.3 Å². The zero-order chi connectivity index (χ0) is 10.6. The molecule has 1 rings (SSSR count). The zero-order valence-corrected chi connectivity index (χ0v) is 9.23. The van der Waals surface area contributed by atoms with E-state index in [-0.39, 0.29) is 6.54 Å². The van der Waals surface area contributed by atoms with Crippen LogP contribution in [-0.4, -0.2) is 13.7 Å². The van der Waals surface area contributed by atoms with Crippen molar-refractivity contribution in [1.82, 2.24) is 4.72 Å². The minimum Gasteiger partial charge on any atom is -0.211 e. The molecule has 0 fully saturated rings. The highest BCUT2D eigenvalue weighted by molar-refractivity contribution is 7.90. The Morgan fingerprint density at radius 1 is 1.71 bits per heavy atom. The molecule has 4 nitrogen and oxygen atoms in total. The predicted molar refractivity (Wildman–Crippen MR) is 55.2 cm³/mol. The summed E-state index contributed by atoms with van der Waals surface area (Å²) in [6.07, 6.45) is 0. The van der Waals surface area contributed by atoms with Gasteiger partial charge in [0.15, 0.2) is 5.25 Å². The van der Waals surface area contributed by atoms with Gasteiger partial charge in [-0.3, -0.25) is 0 Å². The summed E-state index contributed by atoms with van der Waals surface area (Å²) in [5.74, 6) is 0. The predicted octanol–water partition coefficient (Wildman–Crippen LogP) is 1.08. The third kappa shape index (κ3) is 2.80. The van der Waals surface area contributed by atoms with Crippen LogP contribution in [0.2, 0.25) is 0 Å². The van der Waals surface area contributed by atoms with Crippen LogP contribution in [0.25, 0.3) is 0 Å². The van der Waals surface area contributed by atoms with Crippen LogP contribution in [0, 0.1) is 11.3 Å². The van der Waals surface area contributed by atoms with Crippen molar-refractivity contribution < 1.29 is 8.42 Å². The zero-order valence-electron chi connectivity index (χ0n) is 7.60. The molecular formula is C8H10N2O2S2. The summed E-state index contributed by atoms with van der Waals surface area (Å²) in [5, 5.41) is 11.2. The van der Waals surface area contributed by atoms with Gasteiger partial charge in [-0.1, -0.05) is 0 Å². The molecule has 0 saturated carbocycles. The normalized spacial score (nSPS) is 13.4. The monoisotopic (exact) mass is 230 g/mol. The summed E-state index contributed by atoms with van der Waals surface area (Å²) in [7, 11) is -3.49. The topological polar surface area (TPSA) is 70.0 Å². The molecule has 0 aliphatic rings. The fourth-order valence-electron chi connectivity index (χ4n) is 0.772. The van der Waals surface area contributed by atoms with Crippen LogP contribution in [0.1, 0.15) is 12.5 Å². The highest BCUT2D eigenvalue weighted by Gasteiger charge is 2.19. The van der Waals surface area contributed by atoms with Gasteiger partial charge in [-0.2, -0.15) is 16.6 Å². The molecule has 1 aromatic heterocycles. The van der Waals surface area contributed by atoms with Gasteiger partial charge in [0.2, 0.25) is 10.0 Å². The third-order valence-corrected chi connectivity index (χ3v) is 4.02. The molecule has 0 aliphatic carbocycles. The molecule has 14 heavy (non-hydrogen) atoms. The van der Waals surface area contributed by atoms with Gasteiger partial charge in [-0.15, -0.1) is 0 Å². The second-order valence-electron chi connectivity index (χ2n) is 2.77. The number of rotatable bonds is 4. The number of nitriles is 1. The van der Waals surface area contributed by atoms with Crippen LogP contribution in [0.5, 0.6) is 0 Å². The van der Waals surface area contributed by atoms with Crippen molar-refractivity contribution in [3.8, 4) is 6.07 Å². The molecule has 1 heterocycles. The number of hydrogen-bond acceptors (Lipinski definition) is 4. The first-order valence-electron chi connectivity index (χ1n) is 3.95. The van der Waals surface area contributed by atoms with Crippen molar-refractivity contribution in [2.75, 3.05) is 0 Å². The number of hydrogen-bond donors (Lipinski definition) is 1. The molecule has 1 aromatic rings. The number of thiophene rings is 1. The Morgan fingerprint density at radius 2 is 2.43 bits per heavy atom. The molecule has 0 radical (unpaired) electrons. The smallest absolute Gasteiger partial charge is 0.211 e. The van der Waals surface area contributed by atoms with Crippen LogP contribution < -0.4 is 4.72 Å². The van der Waals surface area contributed by atoms with E-state index in [1.165, 1.54) is 18.3 Å². The van der Waals surface area contributed by atoms with E-state index < -0.39 is 15.3 Å². The van der Waals surface area contributed by atoms with Crippen LogP contribution in [0.4, 0.5) is 0 Å². The lowest BCUT2D eigenvalue weighted by Crippen LogP contribution is -2.31. The van der Waals surface area contributed by atoms with Crippen molar-refractivity contribution in [3.63, 3.8) is 0 Å². The van der Waals surface area contributed by atoms with Crippen molar-refractivity contribution in [1.29, 1.82) is 5.26 Å². The molecule has 1 atom stereocenters. The largest absolute Gasteiger partial charge is 0.227 e. The van der Waals surface area contributed by atoms with Gasteiger partial charge < -0.3 is 0 Å². The highest BCUT2D eigenvalue weighted by atomic mass is 32.2. The van der Waals surface area contributed by atoms with E-state index >= 15 is 0 Å². The number of nitrogens with zero attached hydrogens (tertiary/aromatic N) is 1. The molecule has 0 saturated heterocycles. The van der Waals surface area contributed by atoms with Crippen molar-refractivity contribution in [3.05, 3.63) is 22.4 Å². The first-order chi connectivity index (χ1) is 6.56. The quantitative estimate of drug-likeness (QED) is 0.841. The van der Waals surface area contributed by atoms with E-state index in [0.29, 0.717) is 0 Å². The molecule has 0 aliphatic heterocycles. The molecule has 76 valence electrons. The summed E-state index contributed by atoms with van der Waals surface area (Å²) in [6, 6.07) is 3.52. The van der Waals surface area contributed by atoms with Crippen molar-refractivity contribution >= 4 is 21.4 Å². The molecule has 1 unspecified atom stereocenters. The summed E-state index contributed by atoms with van der Waals surface area (Å²) >= 11 is 1.50. The van der Waals surface area contributed by atoms with Crippen molar-refractivity contribution in [2.24, 2.45) is 0 Å². The van der Waals surface area contributed by atoms with Crippen LogP contribution in [-0.2, 0) is 16.6 Å². The Labute approximate surface area is 87.2 Å². The van der Waals surface area contributed by atoms with Gasteiger partial charge in [-0.25, -0.2) is 13.1 Å². The first-order valence-corrected chi connectivity index (χ1v) is 6.44. The van der Waals surface area contributed by atoms with Gasteiger partial charge in [0.05, 0.1) is 6.07 Å². The maximum Gasteiger partial charge on any atom is 0.227 e. The Kier molecular flexibility index (Phi) is 3.63. The molecule has 0 aromatic carbocycles. The molecule has 0 spiro atoms. The lowest BCUT2D eigenvalue weighted by Gasteiger charge is -2.06. The Bertz CT molecular complexity index is 417. The molecule has 0 bridgehead atoms. The maximum absolute atomic E-state index is 11.3.